The Kier molecular flexibility index (Phi) is 4.73. The molecule has 0 N–H and O–H groups in total. The van der Waals surface area contributed by atoms with E-state index in [0.717, 1.165) is 10.7 Å². The van der Waals surface area contributed by atoms with Crippen molar-refractivity contribution in [2.75, 3.05) is 7.05 Å². The second kappa shape index (κ2) is 6.35. The summed E-state index contributed by atoms with van der Waals surface area (Å²) in [6.45, 7) is 2.16. The van der Waals surface area contributed by atoms with Crippen LogP contribution in [0.2, 0.25) is 0 Å². The Morgan fingerprint density at radius 1 is 1.33 bits per heavy atom. The van der Waals surface area contributed by atoms with Gasteiger partial charge in [0.15, 0.2) is 0 Å². The van der Waals surface area contributed by atoms with Crippen molar-refractivity contribution in [3.05, 3.63) is 51.5 Å². The summed E-state index contributed by atoms with van der Waals surface area (Å²) >= 11 is 1.50. The van der Waals surface area contributed by atoms with E-state index in [1.54, 1.807) is 31.3 Å². The Bertz CT molecular complexity index is 758. The van der Waals surface area contributed by atoms with Crippen molar-refractivity contribution in [1.82, 2.24) is 9.29 Å². The molecule has 5 nitrogen and oxygen atoms in total. The molecule has 2 aromatic rings. The van der Waals surface area contributed by atoms with Crippen LogP contribution < -0.4 is 0 Å². The van der Waals surface area contributed by atoms with E-state index in [4.69, 9.17) is 5.26 Å². The Labute approximate surface area is 128 Å². The van der Waals surface area contributed by atoms with Crippen LogP contribution in [0.5, 0.6) is 0 Å². The lowest BCUT2D eigenvalue weighted by atomic mass is 10.2. The minimum absolute atomic E-state index is 0.0850. The number of aryl methyl sites for hydroxylation is 1. The molecule has 0 aliphatic rings. The summed E-state index contributed by atoms with van der Waals surface area (Å²) in [6, 6.07) is 8.57. The lowest BCUT2D eigenvalue weighted by Crippen LogP contribution is -2.27. The Balaban J connectivity index is 2.08. The molecule has 0 unspecified atom stereocenters. The molecule has 1 aromatic heterocycles. The van der Waals surface area contributed by atoms with Gasteiger partial charge in [0, 0.05) is 12.4 Å². The molecule has 21 heavy (non-hydrogen) atoms. The van der Waals surface area contributed by atoms with Gasteiger partial charge in [-0.3, -0.25) is 0 Å². The van der Waals surface area contributed by atoms with E-state index in [9.17, 15) is 8.42 Å². The third-order valence-electron chi connectivity index (χ3n) is 2.96. The normalized spacial score (nSPS) is 11.5. The number of thiazole rings is 1. The molecule has 2 rings (SSSR count). The SMILES string of the molecule is Cc1nc(CN(C)S(=O)(=O)Cc2ccc(C#N)cc2)cs1. The number of benzene rings is 1. The Morgan fingerprint density at radius 2 is 2.00 bits per heavy atom. The highest BCUT2D eigenvalue weighted by molar-refractivity contribution is 7.88. The number of hydrogen-bond donors (Lipinski definition) is 0. The monoisotopic (exact) mass is 321 g/mol. The summed E-state index contributed by atoms with van der Waals surface area (Å²) in [4.78, 5) is 4.27. The van der Waals surface area contributed by atoms with Crippen LogP contribution in [0.3, 0.4) is 0 Å². The van der Waals surface area contributed by atoms with Crippen LogP contribution in [0, 0.1) is 18.3 Å². The van der Waals surface area contributed by atoms with Crippen LogP contribution in [0.4, 0.5) is 0 Å². The first kappa shape index (κ1) is 15.6. The summed E-state index contributed by atoms with van der Waals surface area (Å²) < 4.78 is 25.9. The van der Waals surface area contributed by atoms with Gasteiger partial charge >= 0.3 is 0 Å². The van der Waals surface area contributed by atoms with Gasteiger partial charge in [-0.05, 0) is 24.6 Å². The van der Waals surface area contributed by atoms with E-state index < -0.39 is 10.0 Å². The number of nitrogens with zero attached hydrogens (tertiary/aromatic N) is 3. The van der Waals surface area contributed by atoms with Crippen LogP contribution in [-0.4, -0.2) is 24.8 Å². The van der Waals surface area contributed by atoms with Gasteiger partial charge in [-0.1, -0.05) is 12.1 Å². The maximum Gasteiger partial charge on any atom is 0.218 e. The molecule has 1 aromatic carbocycles. The summed E-state index contributed by atoms with van der Waals surface area (Å²) in [5, 5.41) is 11.5. The number of aromatic nitrogens is 1. The molecule has 0 aliphatic heterocycles. The number of hydrogen-bond acceptors (Lipinski definition) is 5. The van der Waals surface area contributed by atoms with Gasteiger partial charge in [0.05, 0.1) is 34.6 Å². The van der Waals surface area contributed by atoms with Gasteiger partial charge in [0.2, 0.25) is 10.0 Å². The van der Waals surface area contributed by atoms with Crippen molar-refractivity contribution < 1.29 is 8.42 Å². The minimum Gasteiger partial charge on any atom is -0.245 e. The molecule has 0 bridgehead atoms. The molecule has 1 heterocycles. The van der Waals surface area contributed by atoms with Crippen molar-refractivity contribution in [3.8, 4) is 6.07 Å². The third-order valence-corrected chi connectivity index (χ3v) is 5.56. The highest BCUT2D eigenvalue weighted by atomic mass is 32.2. The van der Waals surface area contributed by atoms with Crippen LogP contribution in [0.1, 0.15) is 21.8 Å². The summed E-state index contributed by atoms with van der Waals surface area (Å²) in [5.41, 5.74) is 1.93. The first-order valence-electron chi connectivity index (χ1n) is 6.25. The zero-order chi connectivity index (χ0) is 15.5. The fourth-order valence-electron chi connectivity index (χ4n) is 1.80. The predicted octanol–water partition coefficient (Wildman–Crippen LogP) is 2.29. The van der Waals surface area contributed by atoms with Gasteiger partial charge < -0.3 is 0 Å². The van der Waals surface area contributed by atoms with Crippen molar-refractivity contribution in [2.24, 2.45) is 0 Å². The summed E-state index contributed by atoms with van der Waals surface area (Å²) in [7, 11) is -1.86. The third kappa shape index (κ3) is 4.11. The molecular formula is C14H15N3O2S2. The molecule has 0 fully saturated rings. The van der Waals surface area contributed by atoms with Gasteiger partial charge in [-0.2, -0.15) is 9.57 Å². The van der Waals surface area contributed by atoms with E-state index in [-0.39, 0.29) is 12.3 Å². The fraction of sp³-hybridized carbons (Fsp3) is 0.286. The second-order valence-corrected chi connectivity index (χ2v) is 7.82. The van der Waals surface area contributed by atoms with Crippen LogP contribution in [-0.2, 0) is 22.3 Å². The second-order valence-electron chi connectivity index (χ2n) is 4.68. The zero-order valence-electron chi connectivity index (χ0n) is 11.8. The van der Waals surface area contributed by atoms with Gasteiger partial charge in [-0.25, -0.2) is 13.4 Å². The molecule has 0 radical (unpaired) electrons. The van der Waals surface area contributed by atoms with Gasteiger partial charge in [0.1, 0.15) is 0 Å². The summed E-state index contributed by atoms with van der Waals surface area (Å²) in [5.74, 6) is -0.0850. The van der Waals surface area contributed by atoms with Gasteiger partial charge in [0.25, 0.3) is 0 Å². The molecule has 0 atom stereocenters. The highest BCUT2D eigenvalue weighted by Gasteiger charge is 2.19. The molecular weight excluding hydrogens is 306 g/mol. The topological polar surface area (TPSA) is 74.1 Å². The molecule has 0 spiro atoms. The minimum atomic E-state index is -3.41. The number of nitriles is 1. The van der Waals surface area contributed by atoms with Crippen LogP contribution in [0.15, 0.2) is 29.6 Å². The predicted molar refractivity (Wildman–Crippen MR) is 82.1 cm³/mol. The highest BCUT2D eigenvalue weighted by Crippen LogP contribution is 2.15. The van der Waals surface area contributed by atoms with Crippen LogP contribution >= 0.6 is 11.3 Å². The van der Waals surface area contributed by atoms with E-state index in [1.807, 2.05) is 18.4 Å². The van der Waals surface area contributed by atoms with E-state index in [2.05, 4.69) is 4.98 Å². The Hall–Kier alpha value is -1.75. The molecule has 0 aliphatic carbocycles. The first-order chi connectivity index (χ1) is 9.90. The Morgan fingerprint density at radius 3 is 2.52 bits per heavy atom. The van der Waals surface area contributed by atoms with Crippen molar-refractivity contribution in [3.63, 3.8) is 0 Å². The van der Waals surface area contributed by atoms with E-state index >= 15 is 0 Å². The average molecular weight is 321 g/mol. The lowest BCUT2D eigenvalue weighted by molar-refractivity contribution is 0.462. The fourth-order valence-corrected chi connectivity index (χ4v) is 3.57. The number of rotatable bonds is 5. The van der Waals surface area contributed by atoms with Crippen LogP contribution in [0.25, 0.3) is 0 Å². The first-order valence-corrected chi connectivity index (χ1v) is 8.73. The van der Waals surface area contributed by atoms with Crippen molar-refractivity contribution >= 4 is 21.4 Å². The molecule has 110 valence electrons. The van der Waals surface area contributed by atoms with Crippen molar-refractivity contribution in [1.29, 1.82) is 5.26 Å². The molecule has 7 heteroatoms. The standard InChI is InChI=1S/C14H15N3O2S2/c1-11-16-14(9-20-11)8-17(2)21(18,19)10-13-5-3-12(7-15)4-6-13/h3-6,9H,8,10H2,1-2H3. The average Bonchev–Trinajstić information content (AvgIpc) is 2.84. The number of sulfonamides is 1. The summed E-state index contributed by atoms with van der Waals surface area (Å²) in [6.07, 6.45) is 0. The maximum atomic E-state index is 12.3. The molecule has 0 saturated heterocycles. The zero-order valence-corrected chi connectivity index (χ0v) is 13.4. The largest absolute Gasteiger partial charge is 0.245 e. The lowest BCUT2D eigenvalue weighted by Gasteiger charge is -2.16. The van der Waals surface area contributed by atoms with Crippen molar-refractivity contribution in [2.45, 2.75) is 19.2 Å². The van der Waals surface area contributed by atoms with Gasteiger partial charge in [-0.15, -0.1) is 11.3 Å². The quantitative estimate of drug-likeness (QED) is 0.847. The van der Waals surface area contributed by atoms with E-state index in [1.165, 1.54) is 15.6 Å². The van der Waals surface area contributed by atoms with E-state index in [0.29, 0.717) is 11.1 Å². The molecule has 0 amide bonds. The maximum absolute atomic E-state index is 12.3. The smallest absolute Gasteiger partial charge is 0.218 e. The molecule has 0 saturated carbocycles.